The SMILES string of the molecule is N[C@@H]1CCC[C@H]1CC(=O)NCc1cc(Oc2ccc(F)cc2)ccn1. The van der Waals surface area contributed by atoms with Gasteiger partial charge in [-0.25, -0.2) is 4.39 Å². The second kappa shape index (κ2) is 8.07. The van der Waals surface area contributed by atoms with Gasteiger partial charge in [0, 0.05) is 24.7 Å². The standard InChI is InChI=1S/C19H22FN3O2/c20-14-4-6-16(7-5-14)25-17-8-9-22-15(11-17)12-23-19(24)10-13-2-1-3-18(13)21/h4-9,11,13,18H,1-3,10,12,21H2,(H,23,24)/t13-,18+/m0/s1. The first-order chi connectivity index (χ1) is 12.1. The minimum absolute atomic E-state index is 0.00555. The lowest BCUT2D eigenvalue weighted by atomic mass is 10.00. The second-order valence-corrected chi connectivity index (χ2v) is 6.37. The molecule has 1 aliphatic carbocycles. The van der Waals surface area contributed by atoms with Crippen molar-refractivity contribution in [2.24, 2.45) is 11.7 Å². The van der Waals surface area contributed by atoms with Gasteiger partial charge in [-0.3, -0.25) is 9.78 Å². The van der Waals surface area contributed by atoms with E-state index in [0.29, 0.717) is 30.2 Å². The Morgan fingerprint density at radius 3 is 2.76 bits per heavy atom. The molecule has 1 aromatic carbocycles. The number of halogens is 1. The molecule has 3 N–H and O–H groups in total. The Labute approximate surface area is 146 Å². The highest BCUT2D eigenvalue weighted by molar-refractivity contribution is 5.76. The van der Waals surface area contributed by atoms with Crippen molar-refractivity contribution >= 4 is 5.91 Å². The monoisotopic (exact) mass is 343 g/mol. The van der Waals surface area contributed by atoms with E-state index < -0.39 is 0 Å². The van der Waals surface area contributed by atoms with Gasteiger partial charge in [0.15, 0.2) is 0 Å². The van der Waals surface area contributed by atoms with Crippen LogP contribution in [0.2, 0.25) is 0 Å². The van der Waals surface area contributed by atoms with Gasteiger partial charge >= 0.3 is 0 Å². The zero-order valence-corrected chi connectivity index (χ0v) is 14.0. The summed E-state index contributed by atoms with van der Waals surface area (Å²) in [5.41, 5.74) is 6.70. The van der Waals surface area contributed by atoms with E-state index in [1.54, 1.807) is 30.5 Å². The van der Waals surface area contributed by atoms with Gasteiger partial charge in [-0.15, -0.1) is 0 Å². The van der Waals surface area contributed by atoms with Gasteiger partial charge in [0.2, 0.25) is 5.91 Å². The number of carbonyl (C=O) groups excluding carboxylic acids is 1. The maximum absolute atomic E-state index is 12.9. The number of aromatic nitrogens is 1. The summed E-state index contributed by atoms with van der Waals surface area (Å²) in [6.07, 6.45) is 5.21. The average Bonchev–Trinajstić information content (AvgIpc) is 3.00. The number of benzene rings is 1. The van der Waals surface area contributed by atoms with E-state index in [-0.39, 0.29) is 23.7 Å². The highest BCUT2D eigenvalue weighted by atomic mass is 19.1. The minimum atomic E-state index is -0.313. The molecule has 1 aromatic heterocycles. The lowest BCUT2D eigenvalue weighted by Crippen LogP contribution is -2.31. The summed E-state index contributed by atoms with van der Waals surface area (Å²) < 4.78 is 18.6. The molecule has 6 heteroatoms. The highest BCUT2D eigenvalue weighted by Crippen LogP contribution is 2.26. The molecule has 0 aliphatic heterocycles. The summed E-state index contributed by atoms with van der Waals surface area (Å²) in [6, 6.07) is 9.40. The second-order valence-electron chi connectivity index (χ2n) is 6.37. The third kappa shape index (κ3) is 5.00. The van der Waals surface area contributed by atoms with Crippen molar-refractivity contribution in [3.05, 3.63) is 54.1 Å². The fourth-order valence-electron chi connectivity index (χ4n) is 3.07. The van der Waals surface area contributed by atoms with E-state index in [1.807, 2.05) is 0 Å². The number of pyridine rings is 1. The zero-order valence-electron chi connectivity index (χ0n) is 14.0. The van der Waals surface area contributed by atoms with E-state index >= 15 is 0 Å². The molecule has 0 spiro atoms. The maximum atomic E-state index is 12.9. The van der Waals surface area contributed by atoms with E-state index in [2.05, 4.69) is 10.3 Å². The minimum Gasteiger partial charge on any atom is -0.457 e. The van der Waals surface area contributed by atoms with Gasteiger partial charge in [-0.2, -0.15) is 0 Å². The van der Waals surface area contributed by atoms with Crippen LogP contribution in [0.5, 0.6) is 11.5 Å². The smallest absolute Gasteiger partial charge is 0.220 e. The Morgan fingerprint density at radius 1 is 1.24 bits per heavy atom. The van der Waals surface area contributed by atoms with Crippen molar-refractivity contribution in [3.8, 4) is 11.5 Å². The number of nitrogens with zero attached hydrogens (tertiary/aromatic N) is 1. The van der Waals surface area contributed by atoms with Crippen molar-refractivity contribution in [2.45, 2.75) is 38.3 Å². The quantitative estimate of drug-likeness (QED) is 0.845. The van der Waals surface area contributed by atoms with Crippen LogP contribution in [0.3, 0.4) is 0 Å². The molecule has 5 nitrogen and oxygen atoms in total. The van der Waals surface area contributed by atoms with E-state index in [0.717, 1.165) is 19.3 Å². The van der Waals surface area contributed by atoms with Crippen LogP contribution in [-0.4, -0.2) is 16.9 Å². The molecule has 3 rings (SSSR count). The number of carbonyl (C=O) groups is 1. The predicted molar refractivity (Wildman–Crippen MR) is 92.5 cm³/mol. The average molecular weight is 343 g/mol. The fraction of sp³-hybridized carbons (Fsp3) is 0.368. The Hall–Kier alpha value is -2.47. The highest BCUT2D eigenvalue weighted by Gasteiger charge is 2.25. The number of nitrogens with two attached hydrogens (primary N) is 1. The van der Waals surface area contributed by atoms with Gasteiger partial charge in [-0.1, -0.05) is 6.42 Å². The molecule has 1 heterocycles. The van der Waals surface area contributed by atoms with Crippen molar-refractivity contribution in [2.75, 3.05) is 0 Å². The molecular weight excluding hydrogens is 321 g/mol. The van der Waals surface area contributed by atoms with Gasteiger partial charge in [-0.05, 0) is 49.1 Å². The Kier molecular flexibility index (Phi) is 5.60. The Bertz CT molecular complexity index is 721. The number of nitrogens with one attached hydrogen (secondary N) is 1. The summed E-state index contributed by atoms with van der Waals surface area (Å²) in [4.78, 5) is 16.3. The molecule has 1 fully saturated rings. The van der Waals surface area contributed by atoms with Crippen molar-refractivity contribution in [3.63, 3.8) is 0 Å². The van der Waals surface area contributed by atoms with Gasteiger partial charge in [0.25, 0.3) is 0 Å². The third-order valence-electron chi connectivity index (χ3n) is 4.47. The van der Waals surface area contributed by atoms with Crippen LogP contribution in [0.15, 0.2) is 42.6 Å². The van der Waals surface area contributed by atoms with E-state index in [4.69, 9.17) is 10.5 Å². The number of hydrogen-bond acceptors (Lipinski definition) is 4. The molecule has 132 valence electrons. The third-order valence-corrected chi connectivity index (χ3v) is 4.47. The number of amides is 1. The molecule has 25 heavy (non-hydrogen) atoms. The van der Waals surface area contributed by atoms with Crippen LogP contribution in [-0.2, 0) is 11.3 Å². The molecule has 0 radical (unpaired) electrons. The molecule has 2 aromatic rings. The molecule has 1 amide bonds. The van der Waals surface area contributed by atoms with Crippen LogP contribution >= 0.6 is 0 Å². The summed E-state index contributed by atoms with van der Waals surface area (Å²) in [5.74, 6) is 1.09. The normalized spacial score (nSPS) is 19.6. The topological polar surface area (TPSA) is 77.2 Å². The Morgan fingerprint density at radius 2 is 2.04 bits per heavy atom. The number of rotatable bonds is 6. The molecule has 0 bridgehead atoms. The molecular formula is C19H22FN3O2. The van der Waals surface area contributed by atoms with Gasteiger partial charge in [0.1, 0.15) is 17.3 Å². The van der Waals surface area contributed by atoms with Crippen molar-refractivity contribution < 1.29 is 13.9 Å². The zero-order chi connectivity index (χ0) is 17.6. The van der Waals surface area contributed by atoms with Crippen molar-refractivity contribution in [1.29, 1.82) is 0 Å². The van der Waals surface area contributed by atoms with Crippen LogP contribution < -0.4 is 15.8 Å². The van der Waals surface area contributed by atoms with Crippen LogP contribution in [0.1, 0.15) is 31.4 Å². The molecule has 1 saturated carbocycles. The number of hydrogen-bond donors (Lipinski definition) is 2. The van der Waals surface area contributed by atoms with Crippen LogP contribution in [0.25, 0.3) is 0 Å². The summed E-state index contributed by atoms with van der Waals surface area (Å²) in [7, 11) is 0. The van der Waals surface area contributed by atoms with Gasteiger partial charge in [0.05, 0.1) is 12.2 Å². The molecule has 0 unspecified atom stereocenters. The molecule has 1 aliphatic rings. The fourth-order valence-corrected chi connectivity index (χ4v) is 3.07. The predicted octanol–water partition coefficient (Wildman–Crippen LogP) is 3.15. The van der Waals surface area contributed by atoms with Crippen LogP contribution in [0.4, 0.5) is 4.39 Å². The first kappa shape index (κ1) is 17.4. The molecule has 2 atom stereocenters. The van der Waals surface area contributed by atoms with Gasteiger partial charge < -0.3 is 15.8 Å². The largest absolute Gasteiger partial charge is 0.457 e. The lowest BCUT2D eigenvalue weighted by Gasteiger charge is -2.14. The summed E-state index contributed by atoms with van der Waals surface area (Å²) in [6.45, 7) is 0.335. The summed E-state index contributed by atoms with van der Waals surface area (Å²) in [5, 5.41) is 2.88. The van der Waals surface area contributed by atoms with Crippen molar-refractivity contribution in [1.82, 2.24) is 10.3 Å². The Balaban J connectivity index is 1.52. The van der Waals surface area contributed by atoms with Crippen LogP contribution in [0, 0.1) is 11.7 Å². The summed E-state index contributed by atoms with van der Waals surface area (Å²) >= 11 is 0. The lowest BCUT2D eigenvalue weighted by molar-refractivity contribution is -0.122. The first-order valence-corrected chi connectivity index (χ1v) is 8.51. The van der Waals surface area contributed by atoms with E-state index in [1.165, 1.54) is 12.1 Å². The first-order valence-electron chi connectivity index (χ1n) is 8.51. The number of ether oxygens (including phenoxy) is 1. The maximum Gasteiger partial charge on any atom is 0.220 e. The van der Waals surface area contributed by atoms with E-state index in [9.17, 15) is 9.18 Å². The molecule has 0 saturated heterocycles.